The highest BCUT2D eigenvalue weighted by Gasteiger charge is 2.07. The van der Waals surface area contributed by atoms with Gasteiger partial charge in [0, 0.05) is 18.3 Å². The molecule has 0 radical (unpaired) electrons. The number of fused-ring (bicyclic) bond motifs is 1. The van der Waals surface area contributed by atoms with Crippen LogP contribution in [0.3, 0.4) is 0 Å². The minimum atomic E-state index is -0.833. The fraction of sp³-hybridized carbons (Fsp3) is 0.222. The summed E-state index contributed by atoms with van der Waals surface area (Å²) in [6.45, 7) is 0. The Balaban J connectivity index is 2.37. The average Bonchev–Trinajstić information content (AvgIpc) is 2.59. The number of aromatic nitrogens is 3. The Kier molecular flexibility index (Phi) is 2.55. The molecule has 0 amide bonds. The summed E-state index contributed by atoms with van der Waals surface area (Å²) < 4.78 is 1.70. The van der Waals surface area contributed by atoms with Gasteiger partial charge >= 0.3 is 5.97 Å². The molecule has 2 rings (SSSR count). The monoisotopic (exact) mass is 225 g/mol. The Morgan fingerprint density at radius 3 is 3.07 bits per heavy atom. The molecule has 78 valence electrons. The van der Waals surface area contributed by atoms with E-state index in [9.17, 15) is 4.79 Å². The normalized spacial score (nSPS) is 10.7. The molecule has 6 heteroatoms. The molecular formula is C9H8ClN3O2. The van der Waals surface area contributed by atoms with Crippen LogP contribution in [0.2, 0.25) is 5.02 Å². The third kappa shape index (κ3) is 1.92. The van der Waals surface area contributed by atoms with Crippen LogP contribution in [0, 0.1) is 0 Å². The molecular weight excluding hydrogens is 218 g/mol. The third-order valence-corrected chi connectivity index (χ3v) is 2.32. The van der Waals surface area contributed by atoms with Crippen molar-refractivity contribution in [1.29, 1.82) is 0 Å². The Bertz CT molecular complexity index is 509. The Morgan fingerprint density at radius 1 is 1.53 bits per heavy atom. The van der Waals surface area contributed by atoms with E-state index in [0.717, 1.165) is 5.69 Å². The summed E-state index contributed by atoms with van der Waals surface area (Å²) in [5, 5.41) is 9.03. The maximum atomic E-state index is 10.4. The van der Waals surface area contributed by atoms with Gasteiger partial charge in [0.1, 0.15) is 11.3 Å². The fourth-order valence-electron chi connectivity index (χ4n) is 1.34. The SMILES string of the molecule is O=C(O)CCc1cnc2c(Cl)cncn12. The lowest BCUT2D eigenvalue weighted by Crippen LogP contribution is -2.00. The smallest absolute Gasteiger partial charge is 0.303 e. The van der Waals surface area contributed by atoms with E-state index < -0.39 is 5.97 Å². The summed E-state index contributed by atoms with van der Waals surface area (Å²) in [5.41, 5.74) is 1.40. The zero-order chi connectivity index (χ0) is 10.8. The number of rotatable bonds is 3. The molecule has 2 aromatic heterocycles. The van der Waals surface area contributed by atoms with E-state index in [1.54, 1.807) is 16.9 Å². The zero-order valence-corrected chi connectivity index (χ0v) is 8.48. The zero-order valence-electron chi connectivity index (χ0n) is 7.72. The van der Waals surface area contributed by atoms with Crippen molar-refractivity contribution in [1.82, 2.24) is 14.4 Å². The number of carbonyl (C=O) groups is 1. The minimum absolute atomic E-state index is 0.0697. The van der Waals surface area contributed by atoms with Crippen molar-refractivity contribution in [3.63, 3.8) is 0 Å². The van der Waals surface area contributed by atoms with Crippen LogP contribution in [0.25, 0.3) is 5.65 Å². The number of hydrogen-bond acceptors (Lipinski definition) is 3. The summed E-state index contributed by atoms with van der Waals surface area (Å²) in [5.74, 6) is -0.833. The van der Waals surface area contributed by atoms with Gasteiger partial charge in [0.05, 0.1) is 12.6 Å². The second kappa shape index (κ2) is 3.86. The van der Waals surface area contributed by atoms with Crippen LogP contribution in [0.1, 0.15) is 12.1 Å². The van der Waals surface area contributed by atoms with Crippen molar-refractivity contribution in [2.75, 3.05) is 0 Å². The minimum Gasteiger partial charge on any atom is -0.481 e. The first-order valence-corrected chi connectivity index (χ1v) is 4.73. The molecule has 2 heterocycles. The first-order valence-electron chi connectivity index (χ1n) is 4.35. The summed E-state index contributed by atoms with van der Waals surface area (Å²) in [6, 6.07) is 0. The standard InChI is InChI=1S/C9H8ClN3O2/c10-7-4-11-5-13-6(1-2-8(14)15)3-12-9(7)13/h3-5H,1-2H2,(H,14,15). The van der Waals surface area contributed by atoms with E-state index in [-0.39, 0.29) is 6.42 Å². The molecule has 0 aliphatic heterocycles. The molecule has 1 N–H and O–H groups in total. The molecule has 0 aromatic carbocycles. The molecule has 5 nitrogen and oxygen atoms in total. The number of nitrogens with zero attached hydrogens (tertiary/aromatic N) is 3. The quantitative estimate of drug-likeness (QED) is 0.858. The lowest BCUT2D eigenvalue weighted by atomic mass is 10.2. The van der Waals surface area contributed by atoms with Crippen LogP contribution in [0.5, 0.6) is 0 Å². The highest BCUT2D eigenvalue weighted by molar-refractivity contribution is 6.33. The van der Waals surface area contributed by atoms with Gasteiger partial charge in [0.25, 0.3) is 0 Å². The van der Waals surface area contributed by atoms with Crippen molar-refractivity contribution in [2.45, 2.75) is 12.8 Å². The maximum Gasteiger partial charge on any atom is 0.303 e. The highest BCUT2D eigenvalue weighted by Crippen LogP contribution is 2.16. The Morgan fingerprint density at radius 2 is 2.33 bits per heavy atom. The van der Waals surface area contributed by atoms with Crippen LogP contribution >= 0.6 is 11.6 Å². The number of aliphatic carboxylic acids is 1. The molecule has 0 unspecified atom stereocenters. The number of imidazole rings is 1. The molecule has 0 fully saturated rings. The van der Waals surface area contributed by atoms with Gasteiger partial charge in [0.2, 0.25) is 0 Å². The summed E-state index contributed by atoms with van der Waals surface area (Å²) in [7, 11) is 0. The van der Waals surface area contributed by atoms with Crippen LogP contribution in [0.15, 0.2) is 18.7 Å². The van der Waals surface area contributed by atoms with Crippen molar-refractivity contribution in [3.8, 4) is 0 Å². The lowest BCUT2D eigenvalue weighted by Gasteiger charge is -1.99. The molecule has 0 bridgehead atoms. The van der Waals surface area contributed by atoms with Crippen molar-refractivity contribution in [2.24, 2.45) is 0 Å². The molecule has 0 saturated heterocycles. The van der Waals surface area contributed by atoms with Gasteiger partial charge in [-0.1, -0.05) is 11.6 Å². The van der Waals surface area contributed by atoms with Gasteiger partial charge in [0.15, 0.2) is 5.65 Å². The number of carboxylic acid groups (broad SMARTS) is 1. The van der Waals surface area contributed by atoms with Gasteiger partial charge in [-0.05, 0) is 0 Å². The molecule has 0 atom stereocenters. The summed E-state index contributed by atoms with van der Waals surface area (Å²) in [6.07, 6.45) is 5.18. The van der Waals surface area contributed by atoms with Crippen molar-refractivity contribution < 1.29 is 9.90 Å². The predicted octanol–water partition coefficient (Wildman–Crippen LogP) is 1.40. The molecule has 0 spiro atoms. The second-order valence-electron chi connectivity index (χ2n) is 3.08. The summed E-state index contributed by atoms with van der Waals surface area (Å²) >= 11 is 5.87. The van der Waals surface area contributed by atoms with E-state index >= 15 is 0 Å². The van der Waals surface area contributed by atoms with Crippen LogP contribution in [-0.4, -0.2) is 25.4 Å². The number of hydrogen-bond donors (Lipinski definition) is 1. The first kappa shape index (κ1) is 9.92. The van der Waals surface area contributed by atoms with Gasteiger partial charge in [-0.15, -0.1) is 0 Å². The van der Waals surface area contributed by atoms with E-state index in [4.69, 9.17) is 16.7 Å². The average molecular weight is 226 g/mol. The molecule has 0 saturated carbocycles. The molecule has 15 heavy (non-hydrogen) atoms. The number of carboxylic acids is 1. The van der Waals surface area contributed by atoms with Crippen LogP contribution in [-0.2, 0) is 11.2 Å². The van der Waals surface area contributed by atoms with Gasteiger partial charge in [-0.3, -0.25) is 9.20 Å². The number of halogens is 1. The van der Waals surface area contributed by atoms with E-state index in [0.29, 0.717) is 17.1 Å². The van der Waals surface area contributed by atoms with Gasteiger partial charge < -0.3 is 5.11 Å². The fourth-order valence-corrected chi connectivity index (χ4v) is 1.54. The molecule has 2 aromatic rings. The van der Waals surface area contributed by atoms with Gasteiger partial charge in [-0.25, -0.2) is 9.97 Å². The van der Waals surface area contributed by atoms with E-state index in [2.05, 4.69) is 9.97 Å². The first-order chi connectivity index (χ1) is 7.18. The third-order valence-electron chi connectivity index (χ3n) is 2.05. The van der Waals surface area contributed by atoms with Gasteiger partial charge in [-0.2, -0.15) is 0 Å². The largest absolute Gasteiger partial charge is 0.481 e. The topological polar surface area (TPSA) is 67.5 Å². The molecule has 0 aliphatic rings. The van der Waals surface area contributed by atoms with E-state index in [1.807, 2.05) is 0 Å². The van der Waals surface area contributed by atoms with Crippen LogP contribution in [0.4, 0.5) is 0 Å². The van der Waals surface area contributed by atoms with Crippen LogP contribution < -0.4 is 0 Å². The molecule has 0 aliphatic carbocycles. The highest BCUT2D eigenvalue weighted by atomic mass is 35.5. The summed E-state index contributed by atoms with van der Waals surface area (Å²) in [4.78, 5) is 18.4. The number of aryl methyl sites for hydroxylation is 1. The second-order valence-corrected chi connectivity index (χ2v) is 3.49. The predicted molar refractivity (Wildman–Crippen MR) is 54.0 cm³/mol. The lowest BCUT2D eigenvalue weighted by molar-refractivity contribution is -0.136. The Labute approximate surface area is 90.3 Å². The van der Waals surface area contributed by atoms with Crippen molar-refractivity contribution >= 4 is 23.2 Å². The Hall–Kier alpha value is -1.62. The maximum absolute atomic E-state index is 10.4. The van der Waals surface area contributed by atoms with E-state index in [1.165, 1.54) is 6.20 Å². The van der Waals surface area contributed by atoms with Crippen molar-refractivity contribution in [3.05, 3.63) is 29.4 Å².